The van der Waals surface area contributed by atoms with Crippen LogP contribution in [0.4, 0.5) is 0 Å². The number of carbonyl (C=O) groups excluding carboxylic acids is 1. The van der Waals surface area contributed by atoms with Crippen molar-refractivity contribution in [3.8, 4) is 5.75 Å². The number of hydrogen-bond donors (Lipinski definition) is 0. The number of rotatable bonds is 6. The van der Waals surface area contributed by atoms with Gasteiger partial charge in [-0.15, -0.1) is 11.6 Å². The molecule has 0 aliphatic rings. The van der Waals surface area contributed by atoms with E-state index in [1.165, 1.54) is 0 Å². The summed E-state index contributed by atoms with van der Waals surface area (Å²) in [6.07, 6.45) is 1.11. The van der Waals surface area contributed by atoms with Crippen molar-refractivity contribution in [2.24, 2.45) is 0 Å². The van der Waals surface area contributed by atoms with E-state index in [-0.39, 0.29) is 5.91 Å². The van der Waals surface area contributed by atoms with Crippen molar-refractivity contribution in [1.29, 1.82) is 0 Å². The second-order valence-electron chi connectivity index (χ2n) is 5.01. The molecule has 1 aromatic heterocycles. The number of ether oxygens (including phenoxy) is 1. The van der Waals surface area contributed by atoms with Crippen molar-refractivity contribution in [1.82, 2.24) is 14.5 Å². The van der Waals surface area contributed by atoms with Gasteiger partial charge in [0.1, 0.15) is 11.6 Å². The highest BCUT2D eigenvalue weighted by Crippen LogP contribution is 2.23. The van der Waals surface area contributed by atoms with Crippen LogP contribution in [-0.2, 0) is 17.8 Å². The topological polar surface area (TPSA) is 47.4 Å². The highest BCUT2D eigenvalue weighted by Gasteiger charge is 2.13. The summed E-state index contributed by atoms with van der Waals surface area (Å²) in [5, 5.41) is 0. The zero-order valence-electron chi connectivity index (χ0n) is 12.6. The Bertz CT molecular complexity index is 637. The first-order chi connectivity index (χ1) is 10.1. The number of aromatic nitrogens is 2. The lowest BCUT2D eigenvalue weighted by molar-refractivity contribution is -0.128. The monoisotopic (exact) mass is 309 g/mol. The normalized spacial score (nSPS) is 10.9. The first-order valence-corrected chi connectivity index (χ1v) is 7.39. The number of fused-ring (bicyclic) bond motifs is 1. The Morgan fingerprint density at radius 3 is 2.81 bits per heavy atom. The van der Waals surface area contributed by atoms with Gasteiger partial charge in [0.05, 0.1) is 18.1 Å². The van der Waals surface area contributed by atoms with E-state index in [1.54, 1.807) is 26.1 Å². The predicted molar refractivity (Wildman–Crippen MR) is 84.0 cm³/mol. The van der Waals surface area contributed by atoms with E-state index in [0.29, 0.717) is 25.3 Å². The second-order valence-corrected chi connectivity index (χ2v) is 5.39. The van der Waals surface area contributed by atoms with Crippen LogP contribution in [-0.4, -0.2) is 47.4 Å². The van der Waals surface area contributed by atoms with E-state index in [0.717, 1.165) is 22.6 Å². The maximum absolute atomic E-state index is 11.8. The molecule has 0 N–H and O–H groups in total. The molecule has 0 fully saturated rings. The molecule has 1 aromatic carbocycles. The molecule has 21 heavy (non-hydrogen) atoms. The highest BCUT2D eigenvalue weighted by atomic mass is 35.5. The molecule has 5 nitrogen and oxygen atoms in total. The summed E-state index contributed by atoms with van der Waals surface area (Å²) in [5.41, 5.74) is 1.87. The molecule has 2 rings (SSSR count). The molecule has 0 saturated heterocycles. The Balaban J connectivity index is 2.36. The Morgan fingerprint density at radius 2 is 2.19 bits per heavy atom. The van der Waals surface area contributed by atoms with Gasteiger partial charge in [0.2, 0.25) is 5.91 Å². The Hall–Kier alpha value is -1.75. The average Bonchev–Trinajstić information content (AvgIpc) is 2.81. The number of alkyl halides is 1. The van der Waals surface area contributed by atoms with Gasteiger partial charge in [0.25, 0.3) is 0 Å². The minimum atomic E-state index is 0.0940. The third kappa shape index (κ3) is 3.47. The average molecular weight is 310 g/mol. The molecule has 0 atom stereocenters. The van der Waals surface area contributed by atoms with Crippen molar-refractivity contribution in [3.63, 3.8) is 0 Å². The van der Waals surface area contributed by atoms with E-state index in [9.17, 15) is 4.79 Å². The Labute approximate surface area is 129 Å². The zero-order valence-corrected chi connectivity index (χ0v) is 13.4. The van der Waals surface area contributed by atoms with E-state index in [1.807, 2.05) is 18.2 Å². The Morgan fingerprint density at radius 1 is 1.43 bits per heavy atom. The zero-order chi connectivity index (χ0) is 15.4. The maximum Gasteiger partial charge on any atom is 0.223 e. The molecule has 1 amide bonds. The van der Waals surface area contributed by atoms with Gasteiger partial charge in [0.15, 0.2) is 0 Å². The minimum absolute atomic E-state index is 0.0940. The smallest absolute Gasteiger partial charge is 0.223 e. The summed E-state index contributed by atoms with van der Waals surface area (Å²) in [6, 6.07) is 5.76. The molecule has 0 bridgehead atoms. The van der Waals surface area contributed by atoms with Crippen LogP contribution >= 0.6 is 11.6 Å². The summed E-state index contributed by atoms with van der Waals surface area (Å²) in [6.45, 7) is 0.590. The number of halogens is 1. The number of hydrogen-bond acceptors (Lipinski definition) is 3. The molecule has 0 radical (unpaired) electrons. The van der Waals surface area contributed by atoms with Crippen molar-refractivity contribution >= 4 is 28.5 Å². The van der Waals surface area contributed by atoms with Crippen molar-refractivity contribution < 1.29 is 9.53 Å². The number of imidazole rings is 1. The standard InChI is InChI=1S/C15H20ClN3O2/c1-18(2)15(20)7-9-19-13-10-11(21-3)4-5-12(13)17-14(19)6-8-16/h4-5,10H,6-9H2,1-3H3. The third-order valence-corrected chi connectivity index (χ3v) is 3.59. The summed E-state index contributed by atoms with van der Waals surface area (Å²) >= 11 is 5.85. The van der Waals surface area contributed by atoms with Gasteiger partial charge < -0.3 is 14.2 Å². The third-order valence-electron chi connectivity index (χ3n) is 3.40. The first kappa shape index (κ1) is 15.6. The lowest BCUT2D eigenvalue weighted by Crippen LogP contribution is -2.23. The lowest BCUT2D eigenvalue weighted by Gasteiger charge is -2.12. The van der Waals surface area contributed by atoms with Crippen LogP contribution in [0.15, 0.2) is 18.2 Å². The molecule has 0 saturated carbocycles. The number of amides is 1. The summed E-state index contributed by atoms with van der Waals surface area (Å²) in [7, 11) is 5.16. The summed E-state index contributed by atoms with van der Waals surface area (Å²) in [4.78, 5) is 18.0. The summed E-state index contributed by atoms with van der Waals surface area (Å²) < 4.78 is 7.33. The number of aryl methyl sites for hydroxylation is 2. The molecule has 114 valence electrons. The van der Waals surface area contributed by atoms with Gasteiger partial charge in [-0.3, -0.25) is 4.79 Å². The molecule has 0 spiro atoms. The van der Waals surface area contributed by atoms with E-state index >= 15 is 0 Å². The van der Waals surface area contributed by atoms with Gasteiger partial charge >= 0.3 is 0 Å². The molecule has 0 unspecified atom stereocenters. The SMILES string of the molecule is COc1ccc2nc(CCCl)n(CCC(=O)N(C)C)c2c1. The summed E-state index contributed by atoms with van der Waals surface area (Å²) in [5.74, 6) is 2.28. The second kappa shape index (κ2) is 6.80. The van der Waals surface area contributed by atoms with Gasteiger partial charge in [-0.2, -0.15) is 0 Å². The van der Waals surface area contributed by atoms with Crippen molar-refractivity contribution in [2.45, 2.75) is 19.4 Å². The number of nitrogens with zero attached hydrogens (tertiary/aromatic N) is 3. The van der Waals surface area contributed by atoms with Crippen molar-refractivity contribution in [2.75, 3.05) is 27.1 Å². The number of carbonyl (C=O) groups is 1. The quantitative estimate of drug-likeness (QED) is 0.769. The number of methoxy groups -OCH3 is 1. The van der Waals surface area contributed by atoms with Crippen LogP contribution < -0.4 is 4.74 Å². The molecule has 0 aliphatic heterocycles. The van der Waals surface area contributed by atoms with Gasteiger partial charge in [0, 0.05) is 45.4 Å². The lowest BCUT2D eigenvalue weighted by atomic mass is 10.3. The Kier molecular flexibility index (Phi) is 5.07. The van der Waals surface area contributed by atoms with Gasteiger partial charge in [-0.05, 0) is 12.1 Å². The number of benzene rings is 1. The van der Waals surface area contributed by atoms with E-state index in [4.69, 9.17) is 16.3 Å². The fourth-order valence-corrected chi connectivity index (χ4v) is 2.40. The fraction of sp³-hybridized carbons (Fsp3) is 0.467. The molecule has 1 heterocycles. The fourth-order valence-electron chi connectivity index (χ4n) is 2.24. The van der Waals surface area contributed by atoms with Gasteiger partial charge in [-0.25, -0.2) is 4.98 Å². The van der Waals surface area contributed by atoms with E-state index in [2.05, 4.69) is 9.55 Å². The van der Waals surface area contributed by atoms with E-state index < -0.39 is 0 Å². The molecule has 6 heteroatoms. The van der Waals surface area contributed by atoms with Crippen LogP contribution in [0.5, 0.6) is 5.75 Å². The molecule has 0 aliphatic carbocycles. The minimum Gasteiger partial charge on any atom is -0.497 e. The van der Waals surface area contributed by atoms with Crippen molar-refractivity contribution in [3.05, 3.63) is 24.0 Å². The van der Waals surface area contributed by atoms with Crippen LogP contribution in [0.3, 0.4) is 0 Å². The largest absolute Gasteiger partial charge is 0.497 e. The van der Waals surface area contributed by atoms with Crippen LogP contribution in [0.1, 0.15) is 12.2 Å². The molecule has 2 aromatic rings. The van der Waals surface area contributed by atoms with Gasteiger partial charge in [-0.1, -0.05) is 0 Å². The molecular weight excluding hydrogens is 290 g/mol. The van der Waals surface area contributed by atoms with Crippen LogP contribution in [0, 0.1) is 0 Å². The highest BCUT2D eigenvalue weighted by molar-refractivity contribution is 6.17. The molecular formula is C15H20ClN3O2. The maximum atomic E-state index is 11.8. The van der Waals surface area contributed by atoms with Crippen LogP contribution in [0.2, 0.25) is 0 Å². The van der Waals surface area contributed by atoms with Crippen LogP contribution in [0.25, 0.3) is 11.0 Å². The first-order valence-electron chi connectivity index (χ1n) is 6.86. The predicted octanol–water partition coefficient (Wildman–Crippen LogP) is 2.30.